The third kappa shape index (κ3) is 3.33. The monoisotopic (exact) mass is 301 g/mol. The number of hydrogen-bond acceptors (Lipinski definition) is 4. The second-order valence-electron chi connectivity index (χ2n) is 4.78. The Kier molecular flexibility index (Phi) is 3.74. The largest absolute Gasteiger partial charge is 0.229 e. The number of sulfonamides is 1. The summed E-state index contributed by atoms with van der Waals surface area (Å²) in [4.78, 5) is 0. The van der Waals surface area contributed by atoms with Crippen molar-refractivity contribution in [1.82, 2.24) is 4.72 Å². The van der Waals surface area contributed by atoms with Crippen molar-refractivity contribution in [3.63, 3.8) is 0 Å². The summed E-state index contributed by atoms with van der Waals surface area (Å²) < 4.78 is 49.0. The van der Waals surface area contributed by atoms with E-state index in [2.05, 4.69) is 4.72 Å². The van der Waals surface area contributed by atoms with Gasteiger partial charge < -0.3 is 0 Å². The Labute approximate surface area is 107 Å². The lowest BCUT2D eigenvalue weighted by Crippen LogP contribution is -2.49. The molecule has 8 heteroatoms. The maximum absolute atomic E-state index is 12.0. The summed E-state index contributed by atoms with van der Waals surface area (Å²) in [6.07, 6.45) is 1.72. The Hall–Kier alpha value is 0.150. The predicted octanol–water partition coefficient (Wildman–Crippen LogP) is 0.253. The van der Waals surface area contributed by atoms with Gasteiger partial charge in [-0.1, -0.05) is 0 Å². The van der Waals surface area contributed by atoms with E-state index in [1.165, 1.54) is 0 Å². The molecule has 1 aliphatic carbocycles. The molecule has 0 aromatic rings. The number of halogens is 1. The van der Waals surface area contributed by atoms with Crippen LogP contribution in [0.1, 0.15) is 25.7 Å². The van der Waals surface area contributed by atoms with Crippen molar-refractivity contribution in [2.45, 2.75) is 42.4 Å². The third-order valence-electron chi connectivity index (χ3n) is 3.35. The van der Waals surface area contributed by atoms with E-state index in [0.717, 1.165) is 0 Å². The van der Waals surface area contributed by atoms with Gasteiger partial charge in [0.1, 0.15) is 9.84 Å². The topological polar surface area (TPSA) is 80.3 Å². The lowest BCUT2D eigenvalue weighted by atomic mass is 9.94. The van der Waals surface area contributed by atoms with E-state index in [4.69, 9.17) is 11.6 Å². The van der Waals surface area contributed by atoms with Crippen LogP contribution in [0.5, 0.6) is 0 Å². The first-order chi connectivity index (χ1) is 7.78. The zero-order valence-corrected chi connectivity index (χ0v) is 11.7. The van der Waals surface area contributed by atoms with Gasteiger partial charge in [0.25, 0.3) is 0 Å². The van der Waals surface area contributed by atoms with E-state index in [1.807, 2.05) is 0 Å². The van der Waals surface area contributed by atoms with Crippen molar-refractivity contribution in [1.29, 1.82) is 0 Å². The normalized spacial score (nSPS) is 34.2. The van der Waals surface area contributed by atoms with Gasteiger partial charge in [-0.2, -0.15) is 0 Å². The molecular formula is C9H16ClNO4S2. The van der Waals surface area contributed by atoms with Crippen molar-refractivity contribution < 1.29 is 16.8 Å². The summed E-state index contributed by atoms with van der Waals surface area (Å²) in [6.45, 7) is 0. The molecule has 0 amide bonds. The van der Waals surface area contributed by atoms with Crippen LogP contribution >= 0.6 is 11.6 Å². The fourth-order valence-corrected chi connectivity index (χ4v) is 6.08. The number of rotatable bonds is 3. The average molecular weight is 302 g/mol. The molecule has 1 N–H and O–H groups in total. The molecule has 0 aromatic heterocycles. The van der Waals surface area contributed by atoms with Gasteiger partial charge in [-0.15, -0.1) is 11.6 Å². The van der Waals surface area contributed by atoms with Crippen LogP contribution in [-0.4, -0.2) is 45.0 Å². The predicted molar refractivity (Wildman–Crippen MR) is 66.4 cm³/mol. The molecule has 1 heterocycles. The molecule has 1 saturated carbocycles. The highest BCUT2D eigenvalue weighted by Gasteiger charge is 2.37. The van der Waals surface area contributed by atoms with Gasteiger partial charge in [0, 0.05) is 11.4 Å². The smallest absolute Gasteiger partial charge is 0.214 e. The molecule has 1 saturated heterocycles. The molecule has 0 atom stereocenters. The zero-order chi connectivity index (χ0) is 12.7. The van der Waals surface area contributed by atoms with E-state index >= 15 is 0 Å². The molecule has 2 rings (SSSR count). The second-order valence-corrected chi connectivity index (χ2v) is 9.69. The van der Waals surface area contributed by atoms with Gasteiger partial charge in [-0.25, -0.2) is 21.6 Å². The molecule has 2 fully saturated rings. The molecular weight excluding hydrogens is 286 g/mol. The third-order valence-corrected chi connectivity index (χ3v) is 7.43. The van der Waals surface area contributed by atoms with Crippen molar-refractivity contribution in [2.24, 2.45) is 0 Å². The van der Waals surface area contributed by atoms with Crippen molar-refractivity contribution in [2.75, 3.05) is 11.5 Å². The summed E-state index contributed by atoms with van der Waals surface area (Å²) in [6, 6.07) is -0.0685. The maximum Gasteiger partial charge on any atom is 0.214 e. The van der Waals surface area contributed by atoms with Gasteiger partial charge >= 0.3 is 0 Å². The van der Waals surface area contributed by atoms with E-state index in [-0.39, 0.29) is 35.8 Å². The Balaban J connectivity index is 1.93. The number of sulfone groups is 1. The second kappa shape index (κ2) is 4.68. The van der Waals surface area contributed by atoms with Gasteiger partial charge in [-0.3, -0.25) is 0 Å². The van der Waals surface area contributed by atoms with E-state index < -0.39 is 25.1 Å². The van der Waals surface area contributed by atoms with Crippen molar-refractivity contribution in [3.05, 3.63) is 0 Å². The van der Waals surface area contributed by atoms with Crippen LogP contribution in [0.2, 0.25) is 0 Å². The first-order valence-electron chi connectivity index (χ1n) is 5.64. The molecule has 5 nitrogen and oxygen atoms in total. The van der Waals surface area contributed by atoms with Crippen LogP contribution in [0.25, 0.3) is 0 Å². The standard InChI is InChI=1S/C9H16ClNO4S2/c10-7-5-8(6-7)11-17(14,15)9-1-3-16(12,13)4-2-9/h7-9,11H,1-6H2. The number of hydrogen-bond donors (Lipinski definition) is 1. The highest BCUT2D eigenvalue weighted by Crippen LogP contribution is 2.27. The summed E-state index contributed by atoms with van der Waals surface area (Å²) in [7, 11) is -6.41. The Morgan fingerprint density at radius 1 is 1.12 bits per heavy atom. The Morgan fingerprint density at radius 2 is 1.65 bits per heavy atom. The lowest BCUT2D eigenvalue weighted by molar-refractivity contribution is 0.388. The minimum Gasteiger partial charge on any atom is -0.229 e. The minimum atomic E-state index is -3.39. The fraction of sp³-hybridized carbons (Fsp3) is 1.00. The van der Waals surface area contributed by atoms with Crippen LogP contribution in [0.15, 0.2) is 0 Å². The maximum atomic E-state index is 12.0. The van der Waals surface area contributed by atoms with Gasteiger partial charge in [0.15, 0.2) is 0 Å². The van der Waals surface area contributed by atoms with E-state index in [0.29, 0.717) is 12.8 Å². The van der Waals surface area contributed by atoms with E-state index in [1.54, 1.807) is 0 Å². The van der Waals surface area contributed by atoms with Gasteiger partial charge in [0.05, 0.1) is 16.8 Å². The molecule has 0 radical (unpaired) electrons. The molecule has 0 spiro atoms. The first kappa shape index (κ1) is 13.6. The molecule has 17 heavy (non-hydrogen) atoms. The molecule has 100 valence electrons. The minimum absolute atomic E-state index is 0.0264. The SMILES string of the molecule is O=S1(=O)CCC(S(=O)(=O)NC2CC(Cl)C2)CC1. The van der Waals surface area contributed by atoms with Gasteiger partial charge in [0.2, 0.25) is 10.0 Å². The van der Waals surface area contributed by atoms with E-state index in [9.17, 15) is 16.8 Å². The van der Waals surface area contributed by atoms with Gasteiger partial charge in [-0.05, 0) is 25.7 Å². The molecule has 0 bridgehead atoms. The zero-order valence-electron chi connectivity index (χ0n) is 9.30. The number of alkyl halides is 1. The van der Waals surface area contributed by atoms with Crippen LogP contribution in [0, 0.1) is 0 Å². The van der Waals surface area contributed by atoms with Crippen molar-refractivity contribution >= 4 is 31.5 Å². The Morgan fingerprint density at radius 3 is 2.12 bits per heavy atom. The average Bonchev–Trinajstić information content (AvgIpc) is 2.14. The van der Waals surface area contributed by atoms with Crippen LogP contribution in [-0.2, 0) is 19.9 Å². The molecule has 0 unspecified atom stereocenters. The van der Waals surface area contributed by atoms with Crippen molar-refractivity contribution in [3.8, 4) is 0 Å². The molecule has 0 aromatic carbocycles. The summed E-state index contributed by atoms with van der Waals surface area (Å²) in [5.41, 5.74) is 0. The van der Waals surface area contributed by atoms with Crippen LogP contribution < -0.4 is 4.72 Å². The number of nitrogens with one attached hydrogen (secondary N) is 1. The summed E-state index contributed by atoms with van der Waals surface area (Å²) in [5, 5.41) is -0.505. The molecule has 1 aliphatic heterocycles. The van der Waals surface area contributed by atoms with Crippen LogP contribution in [0.4, 0.5) is 0 Å². The summed E-state index contributed by atoms with van der Waals surface area (Å²) in [5.74, 6) is -0.0528. The lowest BCUT2D eigenvalue weighted by Gasteiger charge is -2.33. The van der Waals surface area contributed by atoms with Crippen LogP contribution in [0.3, 0.4) is 0 Å². The summed E-state index contributed by atoms with van der Waals surface area (Å²) >= 11 is 5.78. The quantitative estimate of drug-likeness (QED) is 0.758. The Bertz CT molecular complexity index is 467. The highest BCUT2D eigenvalue weighted by molar-refractivity contribution is 7.92. The molecule has 2 aliphatic rings. The first-order valence-corrected chi connectivity index (χ1v) is 9.44. The highest BCUT2D eigenvalue weighted by atomic mass is 35.5. The fourth-order valence-electron chi connectivity index (χ4n) is 2.15.